The molecule has 1 unspecified atom stereocenters. The molecule has 1 aromatic heterocycles. The maximum absolute atomic E-state index is 12.3. The van der Waals surface area contributed by atoms with Crippen LogP contribution in [0.4, 0.5) is 0 Å². The topological polar surface area (TPSA) is 59.1 Å². The molecule has 0 saturated heterocycles. The predicted molar refractivity (Wildman–Crippen MR) is 80.8 cm³/mol. The number of pyridine rings is 1. The minimum Gasteiger partial charge on any atom is -0.262 e. The first kappa shape index (κ1) is 16.9. The Kier molecular flexibility index (Phi) is 5.79. The van der Waals surface area contributed by atoms with E-state index in [0.29, 0.717) is 16.8 Å². The summed E-state index contributed by atoms with van der Waals surface area (Å²) in [4.78, 5) is 4.02. The molecule has 1 N–H and O–H groups in total. The van der Waals surface area contributed by atoms with Gasteiger partial charge in [-0.15, -0.1) is 11.6 Å². The van der Waals surface area contributed by atoms with Crippen LogP contribution in [-0.4, -0.2) is 25.3 Å². The Bertz CT molecular complexity index is 529. The van der Waals surface area contributed by atoms with Crippen molar-refractivity contribution in [3.8, 4) is 0 Å². The second kappa shape index (κ2) is 6.52. The first-order valence-electron chi connectivity index (χ1n) is 5.85. The van der Waals surface area contributed by atoms with Crippen LogP contribution < -0.4 is 4.72 Å². The van der Waals surface area contributed by atoms with Gasteiger partial charge in [-0.05, 0) is 33.8 Å². The van der Waals surface area contributed by atoms with Crippen LogP contribution in [0, 0.1) is 5.41 Å². The third-order valence-corrected chi connectivity index (χ3v) is 4.82. The lowest BCUT2D eigenvalue weighted by Gasteiger charge is -2.30. The molecule has 0 bridgehead atoms. The quantitative estimate of drug-likeness (QED) is 0.811. The Morgan fingerprint density at radius 1 is 1.42 bits per heavy atom. The summed E-state index contributed by atoms with van der Waals surface area (Å²) in [6.45, 7) is 5.93. The zero-order chi connectivity index (χ0) is 14.7. The highest BCUT2D eigenvalue weighted by Crippen LogP contribution is 2.24. The Morgan fingerprint density at radius 3 is 2.53 bits per heavy atom. The number of alkyl halides is 1. The van der Waals surface area contributed by atoms with Crippen LogP contribution in [0.5, 0.6) is 0 Å². The normalized spacial score (nSPS) is 14.4. The number of hydrogen-bond donors (Lipinski definition) is 1. The van der Waals surface area contributed by atoms with Gasteiger partial charge in [0.1, 0.15) is 4.90 Å². The van der Waals surface area contributed by atoms with Gasteiger partial charge >= 0.3 is 0 Å². The summed E-state index contributed by atoms with van der Waals surface area (Å²) in [6.07, 6.45) is 3.44. The number of sulfonamides is 1. The Balaban J connectivity index is 3.01. The molecule has 0 aliphatic rings. The van der Waals surface area contributed by atoms with Crippen molar-refractivity contribution in [2.75, 3.05) is 5.88 Å². The van der Waals surface area contributed by atoms with Crippen LogP contribution in [0.15, 0.2) is 27.8 Å². The summed E-state index contributed by atoms with van der Waals surface area (Å²) in [5.74, 6) is 0.404. The molecule has 108 valence electrons. The summed E-state index contributed by atoms with van der Waals surface area (Å²) < 4.78 is 27.9. The summed E-state index contributed by atoms with van der Waals surface area (Å²) in [7, 11) is -3.59. The number of rotatable bonds is 5. The van der Waals surface area contributed by atoms with Crippen molar-refractivity contribution in [3.05, 3.63) is 22.9 Å². The van der Waals surface area contributed by atoms with Gasteiger partial charge in [-0.2, -0.15) is 0 Å². The van der Waals surface area contributed by atoms with E-state index < -0.39 is 10.0 Å². The highest BCUT2D eigenvalue weighted by molar-refractivity contribution is 9.10. The average molecular weight is 370 g/mol. The van der Waals surface area contributed by atoms with Gasteiger partial charge in [-0.25, -0.2) is 13.1 Å². The van der Waals surface area contributed by atoms with Crippen LogP contribution in [0.2, 0.25) is 0 Å². The van der Waals surface area contributed by atoms with Crippen LogP contribution in [0.25, 0.3) is 0 Å². The van der Waals surface area contributed by atoms with E-state index in [-0.39, 0.29) is 16.4 Å². The lowest BCUT2D eigenvalue weighted by Crippen LogP contribution is -2.43. The molecular weight excluding hydrogens is 352 g/mol. The van der Waals surface area contributed by atoms with Crippen molar-refractivity contribution in [1.82, 2.24) is 9.71 Å². The van der Waals surface area contributed by atoms with Crippen LogP contribution in [0.1, 0.15) is 27.2 Å². The Morgan fingerprint density at radius 2 is 2.05 bits per heavy atom. The molecule has 0 aliphatic carbocycles. The van der Waals surface area contributed by atoms with Crippen molar-refractivity contribution in [1.29, 1.82) is 0 Å². The summed E-state index contributed by atoms with van der Waals surface area (Å²) in [6, 6.07) is 1.30. The summed E-state index contributed by atoms with van der Waals surface area (Å²) >= 11 is 8.96. The van der Waals surface area contributed by atoms with E-state index in [1.807, 2.05) is 20.8 Å². The molecule has 1 atom stereocenters. The maximum atomic E-state index is 12.3. The second-order valence-electron chi connectivity index (χ2n) is 5.36. The first-order valence-corrected chi connectivity index (χ1v) is 8.67. The van der Waals surface area contributed by atoms with Crippen molar-refractivity contribution in [3.63, 3.8) is 0 Å². The minimum absolute atomic E-state index is 0.144. The molecule has 0 fully saturated rings. The van der Waals surface area contributed by atoms with E-state index in [0.717, 1.165) is 0 Å². The number of nitrogens with one attached hydrogen (secondary N) is 1. The molecule has 1 heterocycles. The fourth-order valence-corrected chi connectivity index (χ4v) is 3.77. The second-order valence-corrected chi connectivity index (χ2v) is 8.36. The molecule has 4 nitrogen and oxygen atoms in total. The third kappa shape index (κ3) is 5.02. The highest BCUT2D eigenvalue weighted by atomic mass is 79.9. The van der Waals surface area contributed by atoms with Gasteiger partial charge in [0.2, 0.25) is 10.0 Å². The number of halogens is 2. The largest absolute Gasteiger partial charge is 0.262 e. The van der Waals surface area contributed by atoms with E-state index in [9.17, 15) is 8.42 Å². The molecule has 0 aromatic carbocycles. The summed E-state index contributed by atoms with van der Waals surface area (Å²) in [5, 5.41) is 0. The van der Waals surface area contributed by atoms with Gasteiger partial charge < -0.3 is 0 Å². The SMILES string of the molecule is CC(C)(C)C(CCCl)NS(=O)(=O)c1cncc(Br)c1. The van der Waals surface area contributed by atoms with E-state index in [4.69, 9.17) is 11.6 Å². The molecule has 1 aromatic rings. The van der Waals surface area contributed by atoms with Crippen LogP contribution in [0.3, 0.4) is 0 Å². The van der Waals surface area contributed by atoms with E-state index in [1.165, 1.54) is 12.3 Å². The van der Waals surface area contributed by atoms with Gasteiger partial charge in [-0.1, -0.05) is 20.8 Å². The van der Waals surface area contributed by atoms with Gasteiger partial charge in [0.05, 0.1) is 0 Å². The number of aromatic nitrogens is 1. The predicted octanol–water partition coefficient (Wildman–Crippen LogP) is 3.17. The lowest BCUT2D eigenvalue weighted by molar-refractivity contribution is 0.292. The fourth-order valence-electron chi connectivity index (χ4n) is 1.57. The van der Waals surface area contributed by atoms with Crippen molar-refractivity contribution in [2.45, 2.75) is 38.1 Å². The standard InChI is InChI=1S/C12H18BrClN2O2S/c1-12(2,3)11(4-5-14)16-19(17,18)10-6-9(13)7-15-8-10/h6-8,11,16H,4-5H2,1-3H3. The summed E-state index contributed by atoms with van der Waals surface area (Å²) in [5.41, 5.74) is -0.207. The highest BCUT2D eigenvalue weighted by Gasteiger charge is 2.29. The molecule has 7 heteroatoms. The van der Waals surface area contributed by atoms with E-state index in [1.54, 1.807) is 6.20 Å². The average Bonchev–Trinajstić information content (AvgIpc) is 2.27. The smallest absolute Gasteiger partial charge is 0.242 e. The monoisotopic (exact) mass is 368 g/mol. The Hall–Kier alpha value is -0.170. The molecule has 19 heavy (non-hydrogen) atoms. The van der Waals surface area contributed by atoms with E-state index >= 15 is 0 Å². The molecule has 0 saturated carbocycles. The van der Waals surface area contributed by atoms with Crippen LogP contribution >= 0.6 is 27.5 Å². The first-order chi connectivity index (χ1) is 8.66. The molecule has 0 radical (unpaired) electrons. The maximum Gasteiger partial charge on any atom is 0.242 e. The third-order valence-electron chi connectivity index (χ3n) is 2.73. The molecule has 0 amide bonds. The van der Waals surface area contributed by atoms with Gasteiger partial charge in [-0.3, -0.25) is 4.98 Å². The van der Waals surface area contributed by atoms with Gasteiger partial charge in [0.15, 0.2) is 0 Å². The zero-order valence-corrected chi connectivity index (χ0v) is 14.3. The van der Waals surface area contributed by atoms with Crippen molar-refractivity contribution >= 4 is 37.6 Å². The molecule has 0 spiro atoms. The van der Waals surface area contributed by atoms with Crippen molar-refractivity contribution < 1.29 is 8.42 Å². The van der Waals surface area contributed by atoms with Crippen LogP contribution in [-0.2, 0) is 10.0 Å². The Labute approximate surface area is 128 Å². The minimum atomic E-state index is -3.59. The fraction of sp³-hybridized carbons (Fsp3) is 0.583. The van der Waals surface area contributed by atoms with Gasteiger partial charge in [0.25, 0.3) is 0 Å². The number of nitrogens with zero attached hydrogens (tertiary/aromatic N) is 1. The van der Waals surface area contributed by atoms with E-state index in [2.05, 4.69) is 25.6 Å². The molecule has 1 rings (SSSR count). The zero-order valence-electron chi connectivity index (χ0n) is 11.2. The van der Waals surface area contributed by atoms with Gasteiger partial charge in [0, 0.05) is 28.8 Å². The molecular formula is C12H18BrClN2O2S. The lowest BCUT2D eigenvalue weighted by atomic mass is 9.86. The molecule has 0 aliphatic heterocycles. The number of hydrogen-bond acceptors (Lipinski definition) is 3. The van der Waals surface area contributed by atoms with Crippen molar-refractivity contribution in [2.24, 2.45) is 5.41 Å².